The van der Waals surface area contributed by atoms with Crippen LogP contribution in [0.3, 0.4) is 0 Å². The molecular weight excluding hydrogens is 184 g/mol. The molecule has 0 amide bonds. The van der Waals surface area contributed by atoms with Gasteiger partial charge in [0.05, 0.1) is 6.26 Å². The Kier molecular flexibility index (Phi) is 1.92. The average molecular weight is 192 g/mol. The van der Waals surface area contributed by atoms with Crippen molar-refractivity contribution in [2.75, 3.05) is 0 Å². The van der Waals surface area contributed by atoms with Gasteiger partial charge in [-0.15, -0.1) is 0 Å². The highest BCUT2D eigenvalue weighted by atomic mass is 16.5. The lowest BCUT2D eigenvalue weighted by Crippen LogP contribution is -1.91. The second-order valence-electron chi connectivity index (χ2n) is 2.91. The molecule has 2 aromatic heterocycles. The van der Waals surface area contributed by atoms with E-state index in [9.17, 15) is 4.79 Å². The summed E-state index contributed by atoms with van der Waals surface area (Å²) < 4.78 is 9.88. The molecule has 0 radical (unpaired) electrons. The van der Waals surface area contributed by atoms with Gasteiger partial charge in [-0.05, 0) is 18.6 Å². The molecule has 0 saturated heterocycles. The van der Waals surface area contributed by atoms with Crippen molar-refractivity contribution in [3.8, 4) is 11.6 Å². The van der Waals surface area contributed by atoms with Gasteiger partial charge in [-0.25, -0.2) is 0 Å². The number of hydrogen-bond donors (Lipinski definition) is 0. The van der Waals surface area contributed by atoms with Gasteiger partial charge in [0, 0.05) is 6.92 Å². The highest BCUT2D eigenvalue weighted by Crippen LogP contribution is 2.20. The average Bonchev–Trinajstić information content (AvgIpc) is 2.71. The number of nitrogens with zero attached hydrogens (tertiary/aromatic N) is 2. The van der Waals surface area contributed by atoms with Crippen molar-refractivity contribution in [3.05, 3.63) is 23.8 Å². The van der Waals surface area contributed by atoms with Gasteiger partial charge in [-0.3, -0.25) is 4.79 Å². The van der Waals surface area contributed by atoms with Crippen molar-refractivity contribution in [2.45, 2.75) is 13.8 Å². The molecule has 0 aliphatic rings. The molecule has 14 heavy (non-hydrogen) atoms. The molecule has 0 aromatic carbocycles. The van der Waals surface area contributed by atoms with Gasteiger partial charge in [-0.1, -0.05) is 5.16 Å². The van der Waals surface area contributed by atoms with Gasteiger partial charge in [-0.2, -0.15) is 4.98 Å². The van der Waals surface area contributed by atoms with E-state index in [4.69, 9.17) is 8.94 Å². The second-order valence-corrected chi connectivity index (χ2v) is 2.91. The maximum atomic E-state index is 10.9. The van der Waals surface area contributed by atoms with Crippen LogP contribution in [0.15, 0.2) is 21.3 Å². The highest BCUT2D eigenvalue weighted by molar-refractivity contribution is 5.89. The molecule has 0 saturated carbocycles. The molecule has 0 N–H and O–H groups in total. The molecule has 5 heteroatoms. The van der Waals surface area contributed by atoms with Crippen LogP contribution in [-0.4, -0.2) is 15.9 Å². The number of aromatic nitrogens is 2. The van der Waals surface area contributed by atoms with Crippen molar-refractivity contribution in [1.82, 2.24) is 10.1 Å². The number of furan rings is 1. The van der Waals surface area contributed by atoms with Gasteiger partial charge in [0.25, 0.3) is 5.89 Å². The predicted octanol–water partition coefficient (Wildman–Crippen LogP) is 1.84. The summed E-state index contributed by atoms with van der Waals surface area (Å²) in [6.07, 6.45) is 1.54. The minimum absolute atomic E-state index is 0.00389. The molecule has 0 bridgehead atoms. The molecule has 0 aliphatic heterocycles. The van der Waals surface area contributed by atoms with Crippen molar-refractivity contribution >= 4 is 5.78 Å². The lowest BCUT2D eigenvalue weighted by atomic mass is 10.3. The quantitative estimate of drug-likeness (QED) is 0.679. The van der Waals surface area contributed by atoms with Crippen LogP contribution in [0.2, 0.25) is 0 Å². The third-order valence-corrected chi connectivity index (χ3v) is 1.79. The van der Waals surface area contributed by atoms with Crippen LogP contribution in [0, 0.1) is 6.92 Å². The van der Waals surface area contributed by atoms with Gasteiger partial charge in [0.15, 0.2) is 5.76 Å². The summed E-state index contributed by atoms with van der Waals surface area (Å²) in [6, 6.07) is 1.79. The first-order valence-electron chi connectivity index (χ1n) is 4.07. The monoisotopic (exact) mass is 192 g/mol. The molecule has 2 rings (SSSR count). The number of Topliss-reactive ketones (excluding diaryl/α,β-unsaturated/α-hetero) is 1. The van der Waals surface area contributed by atoms with Gasteiger partial charge < -0.3 is 8.94 Å². The Hall–Kier alpha value is -1.91. The van der Waals surface area contributed by atoms with E-state index in [1.165, 1.54) is 13.2 Å². The summed E-state index contributed by atoms with van der Waals surface area (Å²) in [4.78, 5) is 14.8. The Morgan fingerprint density at radius 1 is 1.50 bits per heavy atom. The Balaban J connectivity index is 2.43. The molecule has 2 aromatic rings. The van der Waals surface area contributed by atoms with Crippen LogP contribution < -0.4 is 0 Å². The maximum absolute atomic E-state index is 10.9. The largest absolute Gasteiger partial charge is 0.461 e. The number of ketones is 1. The van der Waals surface area contributed by atoms with E-state index in [2.05, 4.69) is 10.1 Å². The molecule has 5 nitrogen and oxygen atoms in total. The van der Waals surface area contributed by atoms with Crippen molar-refractivity contribution in [3.63, 3.8) is 0 Å². The number of carbonyl (C=O) groups excluding carboxylic acids is 1. The zero-order valence-electron chi connectivity index (χ0n) is 7.77. The highest BCUT2D eigenvalue weighted by Gasteiger charge is 2.15. The van der Waals surface area contributed by atoms with E-state index in [0.717, 1.165) is 5.56 Å². The molecule has 72 valence electrons. The molecule has 0 fully saturated rings. The SMILES string of the molecule is CC(=O)c1nc(-c2occc2C)no1. The number of aryl methyl sites for hydroxylation is 1. The number of hydrogen-bond acceptors (Lipinski definition) is 5. The van der Waals surface area contributed by atoms with E-state index < -0.39 is 0 Å². The molecule has 2 heterocycles. The van der Waals surface area contributed by atoms with Crippen LogP contribution in [0.5, 0.6) is 0 Å². The van der Waals surface area contributed by atoms with E-state index >= 15 is 0 Å². The first-order chi connectivity index (χ1) is 6.68. The summed E-state index contributed by atoms with van der Waals surface area (Å²) in [5, 5.41) is 3.64. The zero-order valence-corrected chi connectivity index (χ0v) is 7.77. The topological polar surface area (TPSA) is 69.1 Å². The Labute approximate surface area is 79.7 Å². The van der Waals surface area contributed by atoms with Gasteiger partial charge >= 0.3 is 0 Å². The molecule has 0 unspecified atom stereocenters. The Morgan fingerprint density at radius 2 is 2.29 bits per heavy atom. The van der Waals surface area contributed by atoms with E-state index in [-0.39, 0.29) is 11.7 Å². The zero-order chi connectivity index (χ0) is 10.1. The van der Waals surface area contributed by atoms with E-state index in [0.29, 0.717) is 11.6 Å². The van der Waals surface area contributed by atoms with Crippen LogP contribution in [0.4, 0.5) is 0 Å². The van der Waals surface area contributed by atoms with Crippen LogP contribution in [0.1, 0.15) is 23.2 Å². The van der Waals surface area contributed by atoms with Crippen LogP contribution in [-0.2, 0) is 0 Å². The molecule has 0 spiro atoms. The van der Waals surface area contributed by atoms with E-state index in [1.54, 1.807) is 6.07 Å². The fourth-order valence-electron chi connectivity index (χ4n) is 1.06. The minimum Gasteiger partial charge on any atom is -0.461 e. The lowest BCUT2D eigenvalue weighted by Gasteiger charge is -1.87. The lowest BCUT2D eigenvalue weighted by molar-refractivity contribution is 0.0972. The molecule has 0 atom stereocenters. The summed E-state index contributed by atoms with van der Waals surface area (Å²) in [5.41, 5.74) is 0.904. The van der Waals surface area contributed by atoms with Gasteiger partial charge in [0.1, 0.15) is 0 Å². The van der Waals surface area contributed by atoms with E-state index in [1.807, 2.05) is 6.92 Å². The maximum Gasteiger partial charge on any atom is 0.294 e. The first-order valence-corrected chi connectivity index (χ1v) is 4.07. The van der Waals surface area contributed by atoms with Crippen molar-refractivity contribution in [1.29, 1.82) is 0 Å². The first kappa shape index (κ1) is 8.68. The summed E-state index contributed by atoms with van der Waals surface area (Å²) in [6.45, 7) is 3.23. The Morgan fingerprint density at radius 3 is 2.79 bits per heavy atom. The fraction of sp³-hybridized carbons (Fsp3) is 0.222. The van der Waals surface area contributed by atoms with Gasteiger partial charge in [0.2, 0.25) is 11.6 Å². The third-order valence-electron chi connectivity index (χ3n) is 1.79. The van der Waals surface area contributed by atoms with Crippen molar-refractivity contribution in [2.24, 2.45) is 0 Å². The normalized spacial score (nSPS) is 10.4. The predicted molar refractivity (Wildman–Crippen MR) is 46.7 cm³/mol. The standard InChI is InChI=1S/C9H8N2O3/c1-5-3-4-13-7(5)8-10-9(6(2)12)14-11-8/h3-4H,1-2H3. The molecule has 0 aliphatic carbocycles. The smallest absolute Gasteiger partial charge is 0.294 e. The second kappa shape index (κ2) is 3.10. The molecular formula is C9H8N2O3. The van der Waals surface area contributed by atoms with Crippen LogP contribution >= 0.6 is 0 Å². The summed E-state index contributed by atoms with van der Waals surface area (Å²) >= 11 is 0. The third kappa shape index (κ3) is 1.32. The summed E-state index contributed by atoms with van der Waals surface area (Å²) in [7, 11) is 0. The number of rotatable bonds is 2. The Bertz CT molecular complexity index is 470. The number of carbonyl (C=O) groups is 1. The minimum atomic E-state index is -0.257. The van der Waals surface area contributed by atoms with Crippen molar-refractivity contribution < 1.29 is 13.7 Å². The summed E-state index contributed by atoms with van der Waals surface area (Å²) in [5.74, 6) is 0.572. The fourth-order valence-corrected chi connectivity index (χ4v) is 1.06. The van der Waals surface area contributed by atoms with Crippen LogP contribution in [0.25, 0.3) is 11.6 Å².